The molecule has 0 amide bonds. The Morgan fingerprint density at radius 3 is 2.64 bits per heavy atom. The summed E-state index contributed by atoms with van der Waals surface area (Å²) in [6.07, 6.45) is 4.97. The van der Waals surface area contributed by atoms with Gasteiger partial charge < -0.3 is 4.74 Å². The molecule has 0 radical (unpaired) electrons. The van der Waals surface area contributed by atoms with E-state index in [0.29, 0.717) is 12.5 Å². The summed E-state index contributed by atoms with van der Waals surface area (Å²) in [6.45, 7) is 0.575. The Kier molecular flexibility index (Phi) is 3.70. The molecule has 64 valence electrons. The van der Waals surface area contributed by atoms with E-state index in [0.717, 1.165) is 0 Å². The SMILES string of the molecule is O=C(CCl)OCC1CCCC1. The molecule has 0 aliphatic heterocycles. The first-order chi connectivity index (χ1) is 5.33. The van der Waals surface area contributed by atoms with Crippen molar-refractivity contribution in [3.8, 4) is 0 Å². The van der Waals surface area contributed by atoms with Crippen molar-refractivity contribution in [3.05, 3.63) is 0 Å². The fourth-order valence-corrected chi connectivity index (χ4v) is 1.50. The van der Waals surface area contributed by atoms with E-state index in [1.165, 1.54) is 25.7 Å². The minimum Gasteiger partial charge on any atom is -0.465 e. The van der Waals surface area contributed by atoms with Crippen LogP contribution < -0.4 is 0 Å². The molecule has 1 aliphatic rings. The molecule has 0 bridgehead atoms. The molecule has 0 aromatic carbocycles. The molecule has 1 aliphatic carbocycles. The van der Waals surface area contributed by atoms with Crippen molar-refractivity contribution in [1.82, 2.24) is 0 Å². The highest BCUT2D eigenvalue weighted by Gasteiger charge is 2.16. The van der Waals surface area contributed by atoms with Gasteiger partial charge in [-0.3, -0.25) is 4.79 Å². The van der Waals surface area contributed by atoms with Gasteiger partial charge >= 0.3 is 5.97 Å². The zero-order chi connectivity index (χ0) is 8.10. The van der Waals surface area contributed by atoms with Crippen molar-refractivity contribution >= 4 is 17.6 Å². The van der Waals surface area contributed by atoms with Crippen LogP contribution in [0.1, 0.15) is 25.7 Å². The second-order valence-electron chi connectivity index (χ2n) is 2.97. The Morgan fingerprint density at radius 2 is 2.09 bits per heavy atom. The van der Waals surface area contributed by atoms with Gasteiger partial charge in [0.25, 0.3) is 0 Å². The van der Waals surface area contributed by atoms with Crippen LogP contribution in [0.3, 0.4) is 0 Å². The molecule has 1 fully saturated rings. The van der Waals surface area contributed by atoms with Crippen LogP contribution in [-0.4, -0.2) is 18.5 Å². The van der Waals surface area contributed by atoms with E-state index in [1.807, 2.05) is 0 Å². The molecule has 1 rings (SSSR count). The smallest absolute Gasteiger partial charge is 0.320 e. The van der Waals surface area contributed by atoms with Crippen LogP contribution in [-0.2, 0) is 9.53 Å². The third-order valence-corrected chi connectivity index (χ3v) is 2.28. The summed E-state index contributed by atoms with van der Waals surface area (Å²) in [6, 6.07) is 0. The molecule has 1 saturated carbocycles. The average Bonchev–Trinajstić information content (AvgIpc) is 2.52. The van der Waals surface area contributed by atoms with E-state index in [-0.39, 0.29) is 11.8 Å². The number of carbonyl (C=O) groups excluding carboxylic acids is 1. The van der Waals surface area contributed by atoms with E-state index >= 15 is 0 Å². The Balaban J connectivity index is 2.06. The van der Waals surface area contributed by atoms with E-state index in [9.17, 15) is 4.79 Å². The lowest BCUT2D eigenvalue weighted by Crippen LogP contribution is -2.12. The zero-order valence-electron chi connectivity index (χ0n) is 6.51. The summed E-state index contributed by atoms with van der Waals surface area (Å²) >= 11 is 5.26. The van der Waals surface area contributed by atoms with Gasteiger partial charge in [0.1, 0.15) is 5.88 Å². The lowest BCUT2D eigenvalue weighted by atomic mass is 10.1. The van der Waals surface area contributed by atoms with Crippen molar-refractivity contribution in [2.45, 2.75) is 25.7 Å². The summed E-state index contributed by atoms with van der Waals surface area (Å²) in [5.74, 6) is 0.285. The number of ether oxygens (including phenoxy) is 1. The maximum Gasteiger partial charge on any atom is 0.320 e. The minimum atomic E-state index is -0.293. The second kappa shape index (κ2) is 4.60. The van der Waals surface area contributed by atoms with Gasteiger partial charge in [0.2, 0.25) is 0 Å². The number of carbonyl (C=O) groups is 1. The van der Waals surface area contributed by atoms with Gasteiger partial charge in [-0.2, -0.15) is 0 Å². The van der Waals surface area contributed by atoms with Crippen LogP contribution in [0.4, 0.5) is 0 Å². The Morgan fingerprint density at radius 1 is 1.45 bits per heavy atom. The molecule has 0 heterocycles. The summed E-state index contributed by atoms with van der Waals surface area (Å²) in [4.78, 5) is 10.6. The lowest BCUT2D eigenvalue weighted by molar-refractivity contribution is -0.141. The topological polar surface area (TPSA) is 26.3 Å². The van der Waals surface area contributed by atoms with Crippen LogP contribution >= 0.6 is 11.6 Å². The maximum absolute atomic E-state index is 10.6. The summed E-state index contributed by atoms with van der Waals surface area (Å²) in [5, 5.41) is 0. The van der Waals surface area contributed by atoms with Crippen LogP contribution in [0.2, 0.25) is 0 Å². The molecular formula is C8H13ClO2. The highest BCUT2D eigenvalue weighted by molar-refractivity contribution is 6.26. The molecule has 0 atom stereocenters. The van der Waals surface area contributed by atoms with E-state index in [4.69, 9.17) is 16.3 Å². The van der Waals surface area contributed by atoms with Crippen molar-refractivity contribution in [1.29, 1.82) is 0 Å². The fourth-order valence-electron chi connectivity index (χ4n) is 1.43. The quantitative estimate of drug-likeness (QED) is 0.486. The lowest BCUT2D eigenvalue weighted by Gasteiger charge is -2.07. The van der Waals surface area contributed by atoms with Gasteiger partial charge in [-0.15, -0.1) is 11.6 Å². The fraction of sp³-hybridized carbons (Fsp3) is 0.875. The first-order valence-electron chi connectivity index (χ1n) is 4.04. The molecule has 0 unspecified atom stereocenters. The molecule has 2 nitrogen and oxygen atoms in total. The number of alkyl halides is 1. The minimum absolute atomic E-state index is 0.0211. The molecule has 0 N–H and O–H groups in total. The highest BCUT2D eigenvalue weighted by Crippen LogP contribution is 2.24. The third-order valence-electron chi connectivity index (χ3n) is 2.06. The predicted molar refractivity (Wildman–Crippen MR) is 43.6 cm³/mol. The molecular weight excluding hydrogens is 164 g/mol. The molecule has 0 aromatic heterocycles. The van der Waals surface area contributed by atoms with E-state index < -0.39 is 0 Å². The number of rotatable bonds is 3. The second-order valence-corrected chi connectivity index (χ2v) is 3.23. The standard InChI is InChI=1S/C8H13ClO2/c9-5-8(10)11-6-7-3-1-2-4-7/h7H,1-6H2. The van der Waals surface area contributed by atoms with Crippen molar-refractivity contribution in [2.24, 2.45) is 5.92 Å². The van der Waals surface area contributed by atoms with Crippen molar-refractivity contribution < 1.29 is 9.53 Å². The highest BCUT2D eigenvalue weighted by atomic mass is 35.5. The van der Waals surface area contributed by atoms with Gasteiger partial charge in [0, 0.05) is 0 Å². The number of hydrogen-bond donors (Lipinski definition) is 0. The van der Waals surface area contributed by atoms with Crippen LogP contribution in [0.15, 0.2) is 0 Å². The van der Waals surface area contributed by atoms with E-state index in [2.05, 4.69) is 0 Å². The van der Waals surface area contributed by atoms with Crippen LogP contribution in [0, 0.1) is 5.92 Å². The Hall–Kier alpha value is -0.240. The van der Waals surface area contributed by atoms with Gasteiger partial charge in [0.05, 0.1) is 6.61 Å². The normalized spacial score (nSPS) is 18.6. The third kappa shape index (κ3) is 3.10. The van der Waals surface area contributed by atoms with Crippen molar-refractivity contribution in [2.75, 3.05) is 12.5 Å². The first kappa shape index (κ1) is 8.85. The maximum atomic E-state index is 10.6. The van der Waals surface area contributed by atoms with Gasteiger partial charge in [-0.1, -0.05) is 12.8 Å². The van der Waals surface area contributed by atoms with Gasteiger partial charge in [-0.05, 0) is 18.8 Å². The molecule has 0 aromatic rings. The Labute approximate surface area is 71.9 Å². The number of hydrogen-bond acceptors (Lipinski definition) is 2. The monoisotopic (exact) mass is 176 g/mol. The molecule has 11 heavy (non-hydrogen) atoms. The summed E-state index contributed by atoms with van der Waals surface area (Å²) < 4.78 is 4.90. The predicted octanol–water partition coefficient (Wildman–Crippen LogP) is 1.96. The van der Waals surface area contributed by atoms with Crippen LogP contribution in [0.25, 0.3) is 0 Å². The van der Waals surface area contributed by atoms with E-state index in [1.54, 1.807) is 0 Å². The molecule has 3 heteroatoms. The number of halogens is 1. The van der Waals surface area contributed by atoms with Crippen LogP contribution in [0.5, 0.6) is 0 Å². The largest absolute Gasteiger partial charge is 0.465 e. The first-order valence-corrected chi connectivity index (χ1v) is 4.58. The van der Waals surface area contributed by atoms with Crippen molar-refractivity contribution in [3.63, 3.8) is 0 Å². The average molecular weight is 177 g/mol. The van der Waals surface area contributed by atoms with Gasteiger partial charge in [0.15, 0.2) is 0 Å². The zero-order valence-corrected chi connectivity index (χ0v) is 7.27. The van der Waals surface area contributed by atoms with Gasteiger partial charge in [-0.25, -0.2) is 0 Å². The summed E-state index contributed by atoms with van der Waals surface area (Å²) in [5.41, 5.74) is 0. The number of esters is 1. The molecule has 0 spiro atoms. The summed E-state index contributed by atoms with van der Waals surface area (Å²) in [7, 11) is 0. The molecule has 0 saturated heterocycles. The Bertz CT molecular complexity index is 130.